The lowest BCUT2D eigenvalue weighted by Gasteiger charge is -2.20. The van der Waals surface area contributed by atoms with Gasteiger partial charge in [-0.1, -0.05) is 40.5 Å². The van der Waals surface area contributed by atoms with Crippen LogP contribution in [0.4, 0.5) is 0 Å². The van der Waals surface area contributed by atoms with E-state index in [9.17, 15) is 0 Å². The SMILES string of the molecule is CCNC(c1ccc(Cl)cc1Br)c1cc(Br)sc1C. The van der Waals surface area contributed by atoms with Gasteiger partial charge in [0.2, 0.25) is 0 Å². The molecule has 0 aliphatic rings. The molecule has 1 N–H and O–H groups in total. The lowest BCUT2D eigenvalue weighted by molar-refractivity contribution is 0.628. The van der Waals surface area contributed by atoms with Gasteiger partial charge in [-0.3, -0.25) is 0 Å². The lowest BCUT2D eigenvalue weighted by Crippen LogP contribution is -2.22. The van der Waals surface area contributed by atoms with Crippen LogP contribution in [0, 0.1) is 6.92 Å². The van der Waals surface area contributed by atoms with Gasteiger partial charge < -0.3 is 5.32 Å². The summed E-state index contributed by atoms with van der Waals surface area (Å²) in [6.07, 6.45) is 0. The highest BCUT2D eigenvalue weighted by Crippen LogP contribution is 2.36. The number of hydrogen-bond acceptors (Lipinski definition) is 2. The van der Waals surface area contributed by atoms with Crippen molar-refractivity contribution in [2.45, 2.75) is 19.9 Å². The van der Waals surface area contributed by atoms with Gasteiger partial charge in [-0.15, -0.1) is 11.3 Å². The van der Waals surface area contributed by atoms with E-state index in [4.69, 9.17) is 11.6 Å². The highest BCUT2D eigenvalue weighted by molar-refractivity contribution is 9.11. The van der Waals surface area contributed by atoms with Crippen LogP contribution in [0.1, 0.15) is 29.0 Å². The first kappa shape index (κ1) is 15.5. The summed E-state index contributed by atoms with van der Waals surface area (Å²) >= 11 is 15.0. The number of benzene rings is 1. The van der Waals surface area contributed by atoms with E-state index in [1.807, 2.05) is 12.1 Å². The molecule has 0 radical (unpaired) electrons. The van der Waals surface area contributed by atoms with Crippen LogP contribution in [0.2, 0.25) is 5.02 Å². The van der Waals surface area contributed by atoms with Gasteiger partial charge in [-0.05, 0) is 58.7 Å². The van der Waals surface area contributed by atoms with Gasteiger partial charge >= 0.3 is 0 Å². The molecule has 2 rings (SSSR count). The standard InChI is InChI=1S/C14H14Br2ClNS/c1-3-18-14(11-7-13(16)19-8(11)2)10-5-4-9(17)6-12(10)15/h4-7,14,18H,3H2,1-2H3. The van der Waals surface area contributed by atoms with Crippen molar-refractivity contribution in [2.24, 2.45) is 0 Å². The third-order valence-electron chi connectivity index (χ3n) is 2.92. The molecule has 0 aliphatic carbocycles. The van der Waals surface area contributed by atoms with Crippen LogP contribution in [0.5, 0.6) is 0 Å². The molecule has 0 aliphatic heterocycles. The number of hydrogen-bond donors (Lipinski definition) is 1. The first-order chi connectivity index (χ1) is 9.02. The van der Waals surface area contributed by atoms with Crippen molar-refractivity contribution in [3.8, 4) is 0 Å². The summed E-state index contributed by atoms with van der Waals surface area (Å²) in [7, 11) is 0. The predicted molar refractivity (Wildman–Crippen MR) is 91.4 cm³/mol. The molecule has 1 heterocycles. The van der Waals surface area contributed by atoms with Crippen LogP contribution in [-0.2, 0) is 0 Å². The van der Waals surface area contributed by atoms with Crippen molar-refractivity contribution in [1.82, 2.24) is 5.32 Å². The number of thiophene rings is 1. The van der Waals surface area contributed by atoms with E-state index in [2.05, 4.69) is 63.2 Å². The normalized spacial score (nSPS) is 12.7. The quantitative estimate of drug-likeness (QED) is 0.642. The zero-order chi connectivity index (χ0) is 14.0. The smallest absolute Gasteiger partial charge is 0.0704 e. The van der Waals surface area contributed by atoms with Crippen molar-refractivity contribution in [1.29, 1.82) is 0 Å². The number of aryl methyl sites for hydroxylation is 1. The van der Waals surface area contributed by atoms with E-state index in [0.717, 1.165) is 19.8 Å². The minimum atomic E-state index is 0.180. The Labute approximate surface area is 139 Å². The van der Waals surface area contributed by atoms with Crippen molar-refractivity contribution in [3.05, 3.63) is 53.6 Å². The van der Waals surface area contributed by atoms with E-state index < -0.39 is 0 Å². The highest BCUT2D eigenvalue weighted by atomic mass is 79.9. The fourth-order valence-corrected chi connectivity index (χ4v) is 4.73. The predicted octanol–water partition coefficient (Wildman–Crippen LogP) is 5.93. The molecule has 0 amide bonds. The summed E-state index contributed by atoms with van der Waals surface area (Å²) in [6, 6.07) is 8.32. The molecule has 0 saturated heterocycles. The Bertz CT molecular complexity index is 583. The van der Waals surface area contributed by atoms with Crippen LogP contribution >= 0.6 is 54.8 Å². The van der Waals surface area contributed by atoms with Gasteiger partial charge in [0.15, 0.2) is 0 Å². The lowest BCUT2D eigenvalue weighted by atomic mass is 9.99. The summed E-state index contributed by atoms with van der Waals surface area (Å²) in [4.78, 5) is 1.32. The molecule has 102 valence electrons. The maximum absolute atomic E-state index is 6.02. The monoisotopic (exact) mass is 421 g/mol. The maximum atomic E-state index is 6.02. The third kappa shape index (κ3) is 3.61. The number of nitrogens with one attached hydrogen (secondary N) is 1. The molecule has 1 atom stereocenters. The summed E-state index contributed by atoms with van der Waals surface area (Å²) < 4.78 is 2.20. The topological polar surface area (TPSA) is 12.0 Å². The van der Waals surface area contributed by atoms with Crippen LogP contribution in [0.3, 0.4) is 0 Å². The van der Waals surface area contributed by atoms with Crippen molar-refractivity contribution >= 4 is 54.8 Å². The van der Waals surface area contributed by atoms with Crippen LogP contribution in [0.15, 0.2) is 32.5 Å². The molecule has 0 fully saturated rings. The molecule has 2 aromatic rings. The fourth-order valence-electron chi connectivity index (χ4n) is 2.07. The third-order valence-corrected chi connectivity index (χ3v) is 5.41. The minimum absolute atomic E-state index is 0.180. The first-order valence-corrected chi connectivity index (χ1v) is 8.75. The molecule has 1 aromatic heterocycles. The Morgan fingerprint density at radius 1 is 1.26 bits per heavy atom. The Hall–Kier alpha value is 0.130. The summed E-state index contributed by atoms with van der Waals surface area (Å²) in [5.74, 6) is 0. The second kappa shape index (κ2) is 6.72. The van der Waals surface area contributed by atoms with Crippen LogP contribution in [-0.4, -0.2) is 6.54 Å². The number of halogens is 3. The summed E-state index contributed by atoms with van der Waals surface area (Å²) in [5, 5.41) is 4.29. The molecule has 1 unspecified atom stereocenters. The molecular formula is C14H14Br2ClNS. The van der Waals surface area contributed by atoms with Crippen LogP contribution < -0.4 is 5.32 Å². The van der Waals surface area contributed by atoms with E-state index in [1.54, 1.807) is 11.3 Å². The Morgan fingerprint density at radius 3 is 2.53 bits per heavy atom. The van der Waals surface area contributed by atoms with Crippen molar-refractivity contribution in [2.75, 3.05) is 6.54 Å². The van der Waals surface area contributed by atoms with E-state index >= 15 is 0 Å². The van der Waals surface area contributed by atoms with Crippen molar-refractivity contribution in [3.63, 3.8) is 0 Å². The Kier molecular flexibility index (Phi) is 5.49. The molecule has 0 spiro atoms. The maximum Gasteiger partial charge on any atom is 0.0704 e. The Morgan fingerprint density at radius 2 is 2.00 bits per heavy atom. The summed E-state index contributed by atoms with van der Waals surface area (Å²) in [6.45, 7) is 5.18. The first-order valence-electron chi connectivity index (χ1n) is 5.97. The van der Waals surface area contributed by atoms with Crippen LogP contribution in [0.25, 0.3) is 0 Å². The largest absolute Gasteiger partial charge is 0.306 e. The highest BCUT2D eigenvalue weighted by Gasteiger charge is 2.19. The zero-order valence-corrected chi connectivity index (χ0v) is 15.4. The second-order valence-electron chi connectivity index (χ2n) is 4.22. The van der Waals surface area contributed by atoms with E-state index in [0.29, 0.717) is 0 Å². The zero-order valence-electron chi connectivity index (χ0n) is 10.6. The van der Waals surface area contributed by atoms with Gasteiger partial charge in [0, 0.05) is 14.4 Å². The average Bonchev–Trinajstić information content (AvgIpc) is 2.66. The molecule has 19 heavy (non-hydrogen) atoms. The average molecular weight is 424 g/mol. The van der Waals surface area contributed by atoms with Gasteiger partial charge in [0.05, 0.1) is 9.83 Å². The van der Waals surface area contributed by atoms with Gasteiger partial charge in [-0.25, -0.2) is 0 Å². The minimum Gasteiger partial charge on any atom is -0.306 e. The van der Waals surface area contributed by atoms with Gasteiger partial charge in [0.25, 0.3) is 0 Å². The van der Waals surface area contributed by atoms with E-state index in [-0.39, 0.29) is 6.04 Å². The molecular weight excluding hydrogens is 409 g/mol. The van der Waals surface area contributed by atoms with Crippen molar-refractivity contribution < 1.29 is 0 Å². The molecule has 0 saturated carbocycles. The second-order valence-corrected chi connectivity index (χ2v) is 8.14. The van der Waals surface area contributed by atoms with Gasteiger partial charge in [-0.2, -0.15) is 0 Å². The van der Waals surface area contributed by atoms with E-state index in [1.165, 1.54) is 16.0 Å². The number of rotatable bonds is 4. The molecule has 1 nitrogen and oxygen atoms in total. The molecule has 5 heteroatoms. The van der Waals surface area contributed by atoms with Gasteiger partial charge in [0.1, 0.15) is 0 Å². The Balaban J connectivity index is 2.48. The molecule has 1 aromatic carbocycles. The molecule has 0 bridgehead atoms. The fraction of sp³-hybridized carbons (Fsp3) is 0.286. The summed E-state index contributed by atoms with van der Waals surface area (Å²) in [5.41, 5.74) is 2.52.